The number of primary amides is 1. The van der Waals surface area contributed by atoms with Gasteiger partial charge in [0, 0.05) is 17.7 Å². The van der Waals surface area contributed by atoms with Crippen molar-refractivity contribution in [1.82, 2.24) is 5.43 Å². The Bertz CT molecular complexity index is 540. The Morgan fingerprint density at radius 3 is 2.72 bits per heavy atom. The molecule has 0 aliphatic heterocycles. The molecule has 0 atom stereocenters. The van der Waals surface area contributed by atoms with Gasteiger partial charge in [0.05, 0.1) is 11.1 Å². The highest BCUT2D eigenvalue weighted by Crippen LogP contribution is 2.20. The van der Waals surface area contributed by atoms with Crippen molar-refractivity contribution in [3.8, 4) is 5.75 Å². The van der Waals surface area contributed by atoms with Gasteiger partial charge in [0.15, 0.2) is 0 Å². The van der Waals surface area contributed by atoms with Crippen LogP contribution < -0.4 is 11.2 Å². The predicted molar refractivity (Wildman–Crippen MR) is 59.7 cm³/mol. The number of non-ortho nitro benzene ring substituents is 1. The van der Waals surface area contributed by atoms with E-state index in [4.69, 9.17) is 0 Å². The van der Waals surface area contributed by atoms with E-state index in [1.165, 1.54) is 0 Å². The lowest BCUT2D eigenvalue weighted by Gasteiger charge is -1.98. The monoisotopic (exact) mass is 252 g/mol. The molecule has 2 amide bonds. The molecule has 4 N–H and O–H groups in total. The third-order valence-corrected chi connectivity index (χ3v) is 1.82. The number of phenols is 1. The number of nitrogens with two attached hydrogens (primary N) is 1. The van der Waals surface area contributed by atoms with E-state index in [2.05, 4.69) is 10.8 Å². The van der Waals surface area contributed by atoms with Crippen molar-refractivity contribution in [3.05, 3.63) is 33.9 Å². The molecule has 0 saturated carbocycles. The second-order valence-corrected chi connectivity index (χ2v) is 3.06. The maximum atomic E-state index is 10.7. The van der Waals surface area contributed by atoms with Crippen molar-refractivity contribution in [1.29, 1.82) is 0 Å². The molecule has 9 nitrogen and oxygen atoms in total. The summed E-state index contributed by atoms with van der Waals surface area (Å²) >= 11 is 0. The van der Waals surface area contributed by atoms with E-state index in [9.17, 15) is 24.8 Å². The SMILES string of the molecule is NC(=O)C(=O)N/N=C/c1cc([N+](=O)[O-])ccc1O. The number of benzene rings is 1. The number of carbonyl (C=O) groups is 2. The molecule has 0 aromatic heterocycles. The van der Waals surface area contributed by atoms with Gasteiger partial charge in [-0.3, -0.25) is 19.7 Å². The number of hydrazone groups is 1. The average molecular weight is 252 g/mol. The summed E-state index contributed by atoms with van der Waals surface area (Å²) in [4.78, 5) is 30.9. The molecule has 0 spiro atoms. The minimum atomic E-state index is -1.23. The van der Waals surface area contributed by atoms with Gasteiger partial charge < -0.3 is 10.8 Å². The topological polar surface area (TPSA) is 148 Å². The van der Waals surface area contributed by atoms with E-state index in [1.54, 1.807) is 5.43 Å². The largest absolute Gasteiger partial charge is 0.507 e. The quantitative estimate of drug-likeness (QED) is 0.279. The average Bonchev–Trinajstić information content (AvgIpc) is 2.30. The molecule has 94 valence electrons. The second-order valence-electron chi connectivity index (χ2n) is 3.06. The van der Waals surface area contributed by atoms with Crippen molar-refractivity contribution in [2.45, 2.75) is 0 Å². The summed E-state index contributed by atoms with van der Waals surface area (Å²) in [5.41, 5.74) is 6.18. The first-order valence-electron chi connectivity index (χ1n) is 4.52. The van der Waals surface area contributed by atoms with Gasteiger partial charge in [0.2, 0.25) is 0 Å². The molecular weight excluding hydrogens is 244 g/mol. The van der Waals surface area contributed by atoms with Gasteiger partial charge in [-0.05, 0) is 6.07 Å². The molecule has 0 heterocycles. The Labute approximate surface area is 100 Å². The van der Waals surface area contributed by atoms with E-state index in [-0.39, 0.29) is 17.0 Å². The molecular formula is C9H8N4O5. The molecule has 1 aromatic rings. The third-order valence-electron chi connectivity index (χ3n) is 1.82. The molecule has 0 bridgehead atoms. The van der Waals surface area contributed by atoms with Crippen molar-refractivity contribution < 1.29 is 19.6 Å². The van der Waals surface area contributed by atoms with Crippen LogP contribution in [0.15, 0.2) is 23.3 Å². The Balaban J connectivity index is 2.87. The van der Waals surface area contributed by atoms with Crippen LogP contribution in [-0.4, -0.2) is 28.1 Å². The zero-order chi connectivity index (χ0) is 13.7. The second kappa shape index (κ2) is 5.39. The highest BCUT2D eigenvalue weighted by molar-refractivity contribution is 6.34. The first-order chi connectivity index (χ1) is 8.41. The Morgan fingerprint density at radius 1 is 1.50 bits per heavy atom. The smallest absolute Gasteiger partial charge is 0.329 e. The zero-order valence-corrected chi connectivity index (χ0v) is 8.86. The van der Waals surface area contributed by atoms with Crippen LogP contribution in [0.2, 0.25) is 0 Å². The molecule has 1 aromatic carbocycles. The maximum Gasteiger partial charge on any atom is 0.329 e. The molecule has 18 heavy (non-hydrogen) atoms. The molecule has 0 aliphatic rings. The van der Waals surface area contributed by atoms with Crippen molar-refractivity contribution in [3.63, 3.8) is 0 Å². The van der Waals surface area contributed by atoms with Crippen LogP contribution in [0.5, 0.6) is 5.75 Å². The fraction of sp³-hybridized carbons (Fsp3) is 0. The molecule has 1 rings (SSSR count). The summed E-state index contributed by atoms with van der Waals surface area (Å²) in [6.45, 7) is 0. The number of nitro groups is 1. The first kappa shape index (κ1) is 13.1. The Kier molecular flexibility index (Phi) is 3.92. The van der Waals surface area contributed by atoms with Crippen molar-refractivity contribution in [2.24, 2.45) is 10.8 Å². The molecule has 0 unspecified atom stereocenters. The van der Waals surface area contributed by atoms with Gasteiger partial charge in [-0.1, -0.05) is 0 Å². The lowest BCUT2D eigenvalue weighted by atomic mass is 10.2. The van der Waals surface area contributed by atoms with Crippen LogP contribution in [0, 0.1) is 10.1 Å². The van der Waals surface area contributed by atoms with Crippen LogP contribution in [0.4, 0.5) is 5.69 Å². The van der Waals surface area contributed by atoms with E-state index in [1.807, 2.05) is 0 Å². The van der Waals surface area contributed by atoms with Crippen LogP contribution in [-0.2, 0) is 9.59 Å². The van der Waals surface area contributed by atoms with Gasteiger partial charge in [-0.2, -0.15) is 5.10 Å². The molecule has 9 heteroatoms. The van der Waals surface area contributed by atoms with Gasteiger partial charge in [0.1, 0.15) is 5.75 Å². The number of nitro benzene ring substituents is 1. The van der Waals surface area contributed by atoms with E-state index < -0.39 is 16.7 Å². The Hall–Kier alpha value is -2.97. The molecule has 0 fully saturated rings. The van der Waals surface area contributed by atoms with Crippen LogP contribution in [0.25, 0.3) is 0 Å². The Morgan fingerprint density at radius 2 is 2.17 bits per heavy atom. The van der Waals surface area contributed by atoms with E-state index in [0.29, 0.717) is 0 Å². The standard InChI is InChI=1S/C9H8N4O5/c10-8(15)9(16)12-11-4-5-3-6(13(17)18)1-2-7(5)14/h1-4,14H,(H2,10,15)(H,12,16)/b11-4+. The number of nitrogens with zero attached hydrogens (tertiary/aromatic N) is 2. The number of rotatable bonds is 3. The minimum Gasteiger partial charge on any atom is -0.507 e. The number of aromatic hydroxyl groups is 1. The summed E-state index contributed by atoms with van der Waals surface area (Å²) < 4.78 is 0. The summed E-state index contributed by atoms with van der Waals surface area (Å²) in [5, 5.41) is 23.2. The van der Waals surface area contributed by atoms with Gasteiger partial charge in [0.25, 0.3) is 5.69 Å². The number of phenolic OH excluding ortho intramolecular Hbond substituents is 1. The van der Waals surface area contributed by atoms with Gasteiger partial charge in [-0.15, -0.1) is 0 Å². The number of hydrogen-bond donors (Lipinski definition) is 3. The number of carbonyl (C=O) groups excluding carboxylic acids is 2. The van der Waals surface area contributed by atoms with Crippen molar-refractivity contribution >= 4 is 23.7 Å². The number of amides is 2. The lowest BCUT2D eigenvalue weighted by Crippen LogP contribution is -2.32. The van der Waals surface area contributed by atoms with Gasteiger partial charge in [-0.25, -0.2) is 5.43 Å². The fourth-order valence-corrected chi connectivity index (χ4v) is 0.974. The van der Waals surface area contributed by atoms with E-state index in [0.717, 1.165) is 24.4 Å². The minimum absolute atomic E-state index is 0.00831. The van der Waals surface area contributed by atoms with Crippen LogP contribution >= 0.6 is 0 Å². The first-order valence-corrected chi connectivity index (χ1v) is 4.52. The molecule has 0 saturated heterocycles. The number of hydrogen-bond acceptors (Lipinski definition) is 6. The fourth-order valence-electron chi connectivity index (χ4n) is 0.974. The molecule has 0 radical (unpaired) electrons. The third kappa shape index (κ3) is 3.27. The van der Waals surface area contributed by atoms with Crippen LogP contribution in [0.3, 0.4) is 0 Å². The normalized spacial score (nSPS) is 10.2. The van der Waals surface area contributed by atoms with Crippen molar-refractivity contribution in [2.75, 3.05) is 0 Å². The highest BCUT2D eigenvalue weighted by Gasteiger charge is 2.09. The van der Waals surface area contributed by atoms with Crippen LogP contribution in [0.1, 0.15) is 5.56 Å². The predicted octanol–water partition coefficient (Wildman–Crippen LogP) is -0.764. The zero-order valence-electron chi connectivity index (χ0n) is 8.86. The molecule has 0 aliphatic carbocycles. The summed E-state index contributed by atoms with van der Waals surface area (Å²) in [6.07, 6.45) is 0.948. The maximum absolute atomic E-state index is 10.7. The summed E-state index contributed by atoms with van der Waals surface area (Å²) in [6, 6.07) is 3.26. The van der Waals surface area contributed by atoms with Gasteiger partial charge >= 0.3 is 11.8 Å². The summed E-state index contributed by atoms with van der Waals surface area (Å²) in [5.74, 6) is -2.63. The highest BCUT2D eigenvalue weighted by atomic mass is 16.6. The number of nitrogens with one attached hydrogen (secondary N) is 1. The lowest BCUT2D eigenvalue weighted by molar-refractivity contribution is -0.384. The summed E-state index contributed by atoms with van der Waals surface area (Å²) in [7, 11) is 0. The van der Waals surface area contributed by atoms with E-state index >= 15 is 0 Å².